The number of imide groups is 1. The minimum absolute atomic E-state index is 0.0656. The first-order valence-corrected chi connectivity index (χ1v) is 9.70. The molecule has 0 bridgehead atoms. The third kappa shape index (κ3) is 4.36. The predicted molar refractivity (Wildman–Crippen MR) is 102 cm³/mol. The average Bonchev–Trinajstić information content (AvgIpc) is 3.20. The van der Waals surface area contributed by atoms with Crippen LogP contribution >= 0.6 is 23.1 Å². The van der Waals surface area contributed by atoms with Crippen LogP contribution in [-0.2, 0) is 9.53 Å². The van der Waals surface area contributed by atoms with Crippen molar-refractivity contribution < 1.29 is 19.1 Å². The topological polar surface area (TPSA) is 96.5 Å². The Hall–Kier alpha value is -2.52. The number of hydrogen-bond donors (Lipinski definition) is 3. The Kier molecular flexibility index (Phi) is 5.79. The Labute approximate surface area is 158 Å². The molecule has 0 fully saturated rings. The van der Waals surface area contributed by atoms with Crippen molar-refractivity contribution in [3.63, 3.8) is 0 Å². The van der Waals surface area contributed by atoms with Gasteiger partial charge in [-0.05, 0) is 30.5 Å². The van der Waals surface area contributed by atoms with E-state index >= 15 is 0 Å². The predicted octanol–water partition coefficient (Wildman–Crippen LogP) is 3.51. The minimum Gasteiger partial charge on any atom is -0.450 e. The van der Waals surface area contributed by atoms with Gasteiger partial charge in [-0.15, -0.1) is 11.3 Å². The summed E-state index contributed by atoms with van der Waals surface area (Å²) in [5.74, 6) is -0.823. The summed E-state index contributed by atoms with van der Waals surface area (Å²) in [6.45, 7) is 1.81. The van der Waals surface area contributed by atoms with Crippen LogP contribution in [0.5, 0.6) is 0 Å². The van der Waals surface area contributed by atoms with Crippen molar-refractivity contribution in [1.29, 1.82) is 0 Å². The fraction of sp³-hybridized carbons (Fsp3) is 0.235. The zero-order valence-electron chi connectivity index (χ0n) is 13.9. The molecule has 1 atom stereocenters. The molecular formula is C17H17N3O4S2. The number of amides is 3. The lowest BCUT2D eigenvalue weighted by molar-refractivity contribution is -0.116. The Morgan fingerprint density at radius 1 is 1.23 bits per heavy atom. The molecule has 2 aromatic rings. The number of alkyl carbamates (subject to hydrolysis) is 1. The van der Waals surface area contributed by atoms with Crippen LogP contribution in [0.15, 0.2) is 40.6 Å². The van der Waals surface area contributed by atoms with Gasteiger partial charge in [-0.25, -0.2) is 4.79 Å². The summed E-state index contributed by atoms with van der Waals surface area (Å²) in [5, 5.41) is 10.2. The van der Waals surface area contributed by atoms with Gasteiger partial charge in [0.05, 0.1) is 24.0 Å². The van der Waals surface area contributed by atoms with Crippen LogP contribution < -0.4 is 16.0 Å². The number of para-hydroxylation sites is 1. The van der Waals surface area contributed by atoms with E-state index in [4.69, 9.17) is 0 Å². The number of carbonyl (C=O) groups excluding carboxylic acids is 3. The molecule has 2 heterocycles. The fourth-order valence-electron chi connectivity index (χ4n) is 2.40. The summed E-state index contributed by atoms with van der Waals surface area (Å²) >= 11 is 2.81. The van der Waals surface area contributed by atoms with Crippen molar-refractivity contribution in [2.45, 2.75) is 23.6 Å². The molecule has 0 saturated heterocycles. The SMILES string of the molecule is CCOC(=O)NC(=O)c1ccsc1NC(=O)CC1Nc2ccccc2S1. The first-order chi connectivity index (χ1) is 12.6. The van der Waals surface area contributed by atoms with E-state index in [0.717, 1.165) is 10.6 Å². The minimum atomic E-state index is -0.815. The van der Waals surface area contributed by atoms with Gasteiger partial charge >= 0.3 is 6.09 Å². The number of carbonyl (C=O) groups is 3. The second-order valence-corrected chi connectivity index (χ2v) is 7.50. The molecule has 1 aromatic heterocycles. The normalized spacial score (nSPS) is 14.9. The van der Waals surface area contributed by atoms with E-state index in [9.17, 15) is 14.4 Å². The van der Waals surface area contributed by atoms with Crippen LogP contribution in [0, 0.1) is 0 Å². The average molecular weight is 391 g/mol. The molecule has 7 nitrogen and oxygen atoms in total. The summed E-state index contributed by atoms with van der Waals surface area (Å²) in [6, 6.07) is 9.41. The molecule has 1 aliphatic heterocycles. The van der Waals surface area contributed by atoms with Crippen LogP contribution in [0.1, 0.15) is 23.7 Å². The molecule has 3 amide bonds. The molecule has 0 saturated carbocycles. The lowest BCUT2D eigenvalue weighted by atomic mass is 10.3. The van der Waals surface area contributed by atoms with Gasteiger partial charge < -0.3 is 15.4 Å². The molecule has 0 radical (unpaired) electrons. The molecule has 3 rings (SSSR count). The highest BCUT2D eigenvalue weighted by Crippen LogP contribution is 2.39. The lowest BCUT2D eigenvalue weighted by Crippen LogP contribution is -2.31. The molecule has 1 unspecified atom stereocenters. The fourth-order valence-corrected chi connectivity index (χ4v) is 4.33. The first-order valence-electron chi connectivity index (χ1n) is 7.94. The molecule has 3 N–H and O–H groups in total. The summed E-state index contributed by atoms with van der Waals surface area (Å²) in [5.41, 5.74) is 1.24. The monoisotopic (exact) mass is 391 g/mol. The number of anilines is 2. The van der Waals surface area contributed by atoms with Gasteiger partial charge in [0.15, 0.2) is 0 Å². The van der Waals surface area contributed by atoms with Gasteiger partial charge in [-0.1, -0.05) is 23.9 Å². The molecule has 26 heavy (non-hydrogen) atoms. The second-order valence-electron chi connectivity index (χ2n) is 5.34. The van der Waals surface area contributed by atoms with Crippen LogP contribution in [0.4, 0.5) is 15.5 Å². The maximum atomic E-state index is 12.3. The van der Waals surface area contributed by atoms with Crippen molar-refractivity contribution in [3.8, 4) is 0 Å². The van der Waals surface area contributed by atoms with E-state index < -0.39 is 12.0 Å². The maximum absolute atomic E-state index is 12.3. The molecular weight excluding hydrogens is 374 g/mol. The largest absolute Gasteiger partial charge is 0.450 e. The van der Waals surface area contributed by atoms with Gasteiger partial charge in [-0.3, -0.25) is 14.9 Å². The lowest BCUT2D eigenvalue weighted by Gasteiger charge is -2.11. The first kappa shape index (κ1) is 18.3. The number of thiophene rings is 1. The summed E-state index contributed by atoms with van der Waals surface area (Å²) in [7, 11) is 0. The highest BCUT2D eigenvalue weighted by molar-refractivity contribution is 8.00. The van der Waals surface area contributed by atoms with Crippen molar-refractivity contribution in [3.05, 3.63) is 41.3 Å². The van der Waals surface area contributed by atoms with Gasteiger partial charge in [0.25, 0.3) is 5.91 Å². The van der Waals surface area contributed by atoms with Crippen molar-refractivity contribution in [2.75, 3.05) is 17.2 Å². The van der Waals surface area contributed by atoms with E-state index in [1.165, 1.54) is 11.3 Å². The zero-order chi connectivity index (χ0) is 18.5. The van der Waals surface area contributed by atoms with Crippen LogP contribution in [0.2, 0.25) is 0 Å². The summed E-state index contributed by atoms with van der Waals surface area (Å²) in [6.07, 6.45) is -0.568. The number of thioether (sulfide) groups is 1. The van der Waals surface area contributed by atoms with Crippen LogP contribution in [0.25, 0.3) is 0 Å². The van der Waals surface area contributed by atoms with E-state index in [-0.39, 0.29) is 29.9 Å². The van der Waals surface area contributed by atoms with Crippen molar-refractivity contribution in [1.82, 2.24) is 5.32 Å². The third-order valence-electron chi connectivity index (χ3n) is 3.50. The third-order valence-corrected chi connectivity index (χ3v) is 5.51. The zero-order valence-corrected chi connectivity index (χ0v) is 15.5. The number of fused-ring (bicyclic) bond motifs is 1. The highest BCUT2D eigenvalue weighted by atomic mass is 32.2. The molecule has 1 aromatic carbocycles. The Bertz CT molecular complexity index is 812. The van der Waals surface area contributed by atoms with Crippen LogP contribution in [0.3, 0.4) is 0 Å². The number of hydrogen-bond acceptors (Lipinski definition) is 7. The molecule has 0 aliphatic carbocycles. The number of benzene rings is 1. The van der Waals surface area contributed by atoms with Crippen molar-refractivity contribution in [2.24, 2.45) is 0 Å². The Morgan fingerprint density at radius 2 is 2.04 bits per heavy atom. The van der Waals surface area contributed by atoms with Gasteiger partial charge in [0, 0.05) is 10.6 Å². The van der Waals surface area contributed by atoms with Gasteiger partial charge in [0.1, 0.15) is 5.00 Å². The summed E-state index contributed by atoms with van der Waals surface area (Å²) < 4.78 is 4.69. The molecule has 136 valence electrons. The summed E-state index contributed by atoms with van der Waals surface area (Å²) in [4.78, 5) is 36.9. The standard InChI is InChI=1S/C17H17N3O4S2/c1-2-24-17(23)20-15(22)10-7-8-25-16(10)19-13(21)9-14-18-11-5-3-4-6-12(11)26-14/h3-8,14,18H,2,9H2,1H3,(H,19,21)(H,20,22,23). The van der Waals surface area contributed by atoms with Gasteiger partial charge in [-0.2, -0.15) is 0 Å². The van der Waals surface area contributed by atoms with E-state index in [1.54, 1.807) is 30.1 Å². The number of rotatable bonds is 5. The Balaban J connectivity index is 1.57. The molecule has 1 aliphatic rings. The van der Waals surface area contributed by atoms with E-state index in [1.807, 2.05) is 24.3 Å². The highest BCUT2D eigenvalue weighted by Gasteiger charge is 2.24. The Morgan fingerprint density at radius 3 is 2.81 bits per heavy atom. The van der Waals surface area contributed by atoms with Gasteiger partial charge in [0.2, 0.25) is 5.91 Å². The maximum Gasteiger partial charge on any atom is 0.414 e. The smallest absolute Gasteiger partial charge is 0.414 e. The quantitative estimate of drug-likeness (QED) is 0.722. The van der Waals surface area contributed by atoms with E-state index in [0.29, 0.717) is 5.00 Å². The number of nitrogens with one attached hydrogen (secondary N) is 3. The second kappa shape index (κ2) is 8.24. The number of ether oxygens (including phenoxy) is 1. The molecule has 9 heteroatoms. The van der Waals surface area contributed by atoms with E-state index in [2.05, 4.69) is 20.7 Å². The molecule has 0 spiro atoms. The van der Waals surface area contributed by atoms with Crippen LogP contribution in [-0.4, -0.2) is 29.9 Å². The van der Waals surface area contributed by atoms with Crippen molar-refractivity contribution >= 4 is 51.7 Å².